The van der Waals surface area contributed by atoms with Gasteiger partial charge in [-0.3, -0.25) is 0 Å². The molecular formula is C47H46N2O3. The highest BCUT2D eigenvalue weighted by molar-refractivity contribution is 5.91. The third kappa shape index (κ3) is 7.84. The summed E-state index contributed by atoms with van der Waals surface area (Å²) in [5.74, 6) is 1.46. The molecule has 0 N–H and O–H groups in total. The zero-order valence-electron chi connectivity index (χ0n) is 30.8. The van der Waals surface area contributed by atoms with Gasteiger partial charge in [0.15, 0.2) is 5.90 Å². The van der Waals surface area contributed by atoms with Crippen molar-refractivity contribution in [1.29, 1.82) is 0 Å². The number of hydrogen-bond acceptors (Lipinski definition) is 5. The number of nitrogens with zero attached hydrogens (tertiary/aromatic N) is 2. The first-order valence-electron chi connectivity index (χ1n) is 17.6. The Hall–Kier alpha value is -5.94. The number of para-hydroxylation sites is 2. The maximum atomic E-state index is 6.09. The lowest BCUT2D eigenvalue weighted by molar-refractivity contribution is 0.381. The summed E-state index contributed by atoms with van der Waals surface area (Å²) in [6, 6.07) is 53.9. The number of benzene rings is 6. The molecule has 0 spiro atoms. The fourth-order valence-electron chi connectivity index (χ4n) is 6.77. The van der Waals surface area contributed by atoms with Crippen LogP contribution >= 0.6 is 0 Å². The molecule has 0 heterocycles. The zero-order chi connectivity index (χ0) is 36.5. The van der Waals surface area contributed by atoms with Gasteiger partial charge < -0.3 is 14.2 Å². The molecule has 0 amide bonds. The molecule has 0 aliphatic carbocycles. The molecule has 0 aliphatic rings. The van der Waals surface area contributed by atoms with Gasteiger partial charge in [-0.05, 0) is 70.6 Å². The largest absolute Gasteiger partial charge is 0.496 e. The molecular weight excluding hydrogens is 641 g/mol. The molecule has 0 saturated heterocycles. The fraction of sp³-hybridized carbons (Fsp3) is 0.191. The van der Waals surface area contributed by atoms with Crippen molar-refractivity contribution in [3.63, 3.8) is 0 Å². The van der Waals surface area contributed by atoms with Crippen molar-refractivity contribution >= 4 is 23.2 Å². The minimum Gasteiger partial charge on any atom is -0.496 e. The molecule has 0 aromatic heterocycles. The van der Waals surface area contributed by atoms with Crippen LogP contribution in [-0.4, -0.2) is 33.1 Å². The molecule has 2 atom stereocenters. The summed E-state index contributed by atoms with van der Waals surface area (Å²) in [6.07, 6.45) is 0. The summed E-state index contributed by atoms with van der Waals surface area (Å²) < 4.78 is 18.2. The molecule has 0 fully saturated rings. The highest BCUT2D eigenvalue weighted by Crippen LogP contribution is 2.41. The van der Waals surface area contributed by atoms with Gasteiger partial charge >= 0.3 is 0 Å². The minimum atomic E-state index is -0.403. The Bertz CT molecular complexity index is 2130. The molecule has 6 aromatic rings. The van der Waals surface area contributed by atoms with Gasteiger partial charge in [0.25, 0.3) is 0 Å². The number of aryl methyl sites for hydroxylation is 1. The number of methoxy groups -OCH3 is 3. The van der Waals surface area contributed by atoms with E-state index < -0.39 is 5.41 Å². The molecule has 2 unspecified atom stereocenters. The van der Waals surface area contributed by atoms with E-state index in [4.69, 9.17) is 24.2 Å². The van der Waals surface area contributed by atoms with Crippen LogP contribution in [0.4, 0.5) is 11.4 Å². The maximum Gasteiger partial charge on any atom is 0.200 e. The molecule has 5 heteroatoms. The second-order valence-electron chi connectivity index (χ2n) is 13.3. The second kappa shape index (κ2) is 16.4. The van der Waals surface area contributed by atoms with Crippen molar-refractivity contribution in [2.24, 2.45) is 9.98 Å². The number of ether oxygens (including phenoxy) is 3. The van der Waals surface area contributed by atoms with Crippen molar-refractivity contribution in [3.05, 3.63) is 197 Å². The van der Waals surface area contributed by atoms with Crippen molar-refractivity contribution in [1.82, 2.24) is 0 Å². The third-order valence-corrected chi connectivity index (χ3v) is 9.74. The van der Waals surface area contributed by atoms with Gasteiger partial charge in [0.1, 0.15) is 5.75 Å². The third-order valence-electron chi connectivity index (χ3n) is 9.74. The van der Waals surface area contributed by atoms with Crippen LogP contribution in [0, 0.1) is 6.92 Å². The van der Waals surface area contributed by atoms with E-state index >= 15 is 0 Å². The predicted octanol–water partition coefficient (Wildman–Crippen LogP) is 11.3. The Kier molecular flexibility index (Phi) is 11.3. The molecule has 5 nitrogen and oxygen atoms in total. The average molecular weight is 687 g/mol. The Morgan fingerprint density at radius 2 is 0.904 bits per heavy atom. The fourth-order valence-corrected chi connectivity index (χ4v) is 6.77. The van der Waals surface area contributed by atoms with Crippen LogP contribution in [0.2, 0.25) is 0 Å². The standard InChI is InChI=1S/C47H46N2O3/c1-33-27-28-36(31-40(33)43(34-19-11-7-12-20-34)45(51-5)48-38-23-15-9-16-24-38)47(2,3)37-29-30-42(50-4)41(32-37)44(35-21-13-8-14-22-35)46(52-6)49-39-25-17-10-18-26-39/h7-32,43-44H,1-6H3. The molecule has 0 saturated carbocycles. The molecule has 0 bridgehead atoms. The van der Waals surface area contributed by atoms with E-state index in [2.05, 4.69) is 93.6 Å². The van der Waals surface area contributed by atoms with Crippen LogP contribution in [0.5, 0.6) is 5.75 Å². The smallest absolute Gasteiger partial charge is 0.200 e. The second-order valence-corrected chi connectivity index (χ2v) is 13.3. The Morgan fingerprint density at radius 1 is 0.500 bits per heavy atom. The number of rotatable bonds is 11. The quantitative estimate of drug-likeness (QED) is 0.101. The zero-order valence-corrected chi connectivity index (χ0v) is 30.8. The van der Waals surface area contributed by atoms with E-state index in [0.717, 1.165) is 50.5 Å². The first kappa shape index (κ1) is 35.9. The van der Waals surface area contributed by atoms with Gasteiger partial charge in [0, 0.05) is 11.0 Å². The van der Waals surface area contributed by atoms with Crippen LogP contribution in [0.15, 0.2) is 168 Å². The van der Waals surface area contributed by atoms with Crippen molar-refractivity contribution in [2.75, 3.05) is 21.3 Å². The van der Waals surface area contributed by atoms with E-state index in [0.29, 0.717) is 11.8 Å². The first-order chi connectivity index (χ1) is 25.3. The van der Waals surface area contributed by atoms with E-state index in [1.54, 1.807) is 21.3 Å². The van der Waals surface area contributed by atoms with Crippen LogP contribution in [-0.2, 0) is 14.9 Å². The van der Waals surface area contributed by atoms with E-state index in [-0.39, 0.29) is 11.8 Å². The summed E-state index contributed by atoms with van der Waals surface area (Å²) >= 11 is 0. The number of hydrogen-bond donors (Lipinski definition) is 0. The van der Waals surface area contributed by atoms with Crippen LogP contribution in [0.1, 0.15) is 64.6 Å². The van der Waals surface area contributed by atoms with Gasteiger partial charge in [-0.25, -0.2) is 9.98 Å². The summed E-state index contributed by atoms with van der Waals surface area (Å²) in [7, 11) is 5.11. The lowest BCUT2D eigenvalue weighted by atomic mass is 9.74. The summed E-state index contributed by atoms with van der Waals surface area (Å²) in [6.45, 7) is 6.70. The van der Waals surface area contributed by atoms with Crippen molar-refractivity contribution in [2.45, 2.75) is 38.0 Å². The minimum absolute atomic E-state index is 0.213. The summed E-state index contributed by atoms with van der Waals surface area (Å²) in [5, 5.41) is 0. The van der Waals surface area contributed by atoms with Gasteiger partial charge in [0.05, 0.1) is 44.5 Å². The molecule has 0 aliphatic heterocycles. The molecule has 52 heavy (non-hydrogen) atoms. The molecule has 262 valence electrons. The van der Waals surface area contributed by atoms with Gasteiger partial charge in [0.2, 0.25) is 5.90 Å². The van der Waals surface area contributed by atoms with E-state index in [1.165, 1.54) is 5.56 Å². The lowest BCUT2D eigenvalue weighted by Crippen LogP contribution is -2.23. The van der Waals surface area contributed by atoms with Crippen LogP contribution in [0.25, 0.3) is 0 Å². The Morgan fingerprint density at radius 3 is 1.35 bits per heavy atom. The first-order valence-corrected chi connectivity index (χ1v) is 17.6. The van der Waals surface area contributed by atoms with E-state index in [1.807, 2.05) is 84.9 Å². The normalized spacial score (nSPS) is 13.3. The van der Waals surface area contributed by atoms with Gasteiger partial charge in [-0.15, -0.1) is 0 Å². The Balaban J connectivity index is 1.49. The van der Waals surface area contributed by atoms with Gasteiger partial charge in [-0.1, -0.05) is 141 Å². The van der Waals surface area contributed by atoms with Crippen LogP contribution < -0.4 is 4.74 Å². The molecule has 0 radical (unpaired) electrons. The van der Waals surface area contributed by atoms with Gasteiger partial charge in [-0.2, -0.15) is 0 Å². The summed E-state index contributed by atoms with van der Waals surface area (Å²) in [5.41, 5.74) is 9.01. The van der Waals surface area contributed by atoms with Crippen LogP contribution in [0.3, 0.4) is 0 Å². The SMILES string of the molecule is COC(=Nc1ccccc1)C(c1ccccc1)c1cc(C(C)(C)c2ccc(OC)c(C(C(=Nc3ccccc3)OC)c3ccccc3)c2)ccc1C. The molecule has 6 aromatic carbocycles. The topological polar surface area (TPSA) is 52.4 Å². The summed E-state index contributed by atoms with van der Waals surface area (Å²) in [4.78, 5) is 10.0. The Labute approximate surface area is 308 Å². The molecule has 6 rings (SSSR count). The predicted molar refractivity (Wildman–Crippen MR) is 214 cm³/mol. The average Bonchev–Trinajstić information content (AvgIpc) is 3.19. The lowest BCUT2D eigenvalue weighted by Gasteiger charge is -2.30. The highest BCUT2D eigenvalue weighted by Gasteiger charge is 2.31. The van der Waals surface area contributed by atoms with E-state index in [9.17, 15) is 0 Å². The highest BCUT2D eigenvalue weighted by atomic mass is 16.5. The number of aliphatic imine (C=N–C) groups is 2. The van der Waals surface area contributed by atoms with Crippen molar-refractivity contribution < 1.29 is 14.2 Å². The van der Waals surface area contributed by atoms with Crippen molar-refractivity contribution in [3.8, 4) is 5.75 Å². The monoisotopic (exact) mass is 686 g/mol. The maximum absolute atomic E-state index is 6.09.